The molecule has 0 saturated carbocycles. The van der Waals surface area contributed by atoms with Crippen molar-refractivity contribution in [2.45, 2.75) is 26.3 Å². The number of rotatable bonds is 8. The number of hydrogen-bond acceptors (Lipinski definition) is 5. The average Bonchev–Trinajstić information content (AvgIpc) is 2.73. The molecule has 0 amide bonds. The Balaban J connectivity index is 1.73. The molecule has 1 N–H and O–H groups in total. The van der Waals surface area contributed by atoms with Crippen molar-refractivity contribution in [3.8, 4) is 11.5 Å². The lowest BCUT2D eigenvalue weighted by Gasteiger charge is -2.20. The van der Waals surface area contributed by atoms with E-state index in [0.29, 0.717) is 13.0 Å². The normalized spacial score (nSPS) is 10.6. The maximum absolute atomic E-state index is 11.4. The van der Waals surface area contributed by atoms with Gasteiger partial charge in [-0.05, 0) is 35.2 Å². The van der Waals surface area contributed by atoms with Crippen LogP contribution in [-0.4, -0.2) is 18.5 Å². The van der Waals surface area contributed by atoms with E-state index in [1.165, 1.54) is 25.0 Å². The van der Waals surface area contributed by atoms with Crippen molar-refractivity contribution in [3.05, 3.63) is 95.6 Å². The molecule has 3 aromatic rings. The van der Waals surface area contributed by atoms with Gasteiger partial charge < -0.3 is 14.8 Å². The molecule has 0 aliphatic rings. The van der Waals surface area contributed by atoms with Crippen LogP contribution in [-0.2, 0) is 16.0 Å². The Morgan fingerprint density at radius 2 is 1.30 bits per heavy atom. The molecular formula is C25H25NO4. The summed E-state index contributed by atoms with van der Waals surface area (Å²) in [6, 6.07) is 25.9. The van der Waals surface area contributed by atoms with Crippen LogP contribution in [0.15, 0.2) is 78.9 Å². The molecular weight excluding hydrogens is 378 g/mol. The van der Waals surface area contributed by atoms with E-state index >= 15 is 0 Å². The molecule has 0 aliphatic carbocycles. The van der Waals surface area contributed by atoms with Crippen molar-refractivity contribution in [1.29, 1.82) is 0 Å². The topological polar surface area (TPSA) is 64.6 Å². The number of hydrogen-bond donors (Lipinski definition) is 1. The van der Waals surface area contributed by atoms with Crippen LogP contribution < -0.4 is 14.8 Å². The van der Waals surface area contributed by atoms with Gasteiger partial charge in [0.25, 0.3) is 0 Å². The summed E-state index contributed by atoms with van der Waals surface area (Å²) in [6.45, 7) is 3.33. The van der Waals surface area contributed by atoms with Gasteiger partial charge in [0.15, 0.2) is 11.5 Å². The Kier molecular flexibility index (Phi) is 7.35. The lowest BCUT2D eigenvalue weighted by Crippen LogP contribution is -2.24. The van der Waals surface area contributed by atoms with E-state index < -0.39 is 11.9 Å². The Bertz CT molecular complexity index is 947. The predicted molar refractivity (Wildman–Crippen MR) is 115 cm³/mol. The molecule has 0 radical (unpaired) electrons. The smallest absolute Gasteiger partial charge is 0.308 e. The zero-order valence-electron chi connectivity index (χ0n) is 17.1. The second kappa shape index (κ2) is 10.4. The molecule has 0 fully saturated rings. The molecule has 30 heavy (non-hydrogen) atoms. The molecule has 5 heteroatoms. The van der Waals surface area contributed by atoms with Crippen LogP contribution in [0.3, 0.4) is 0 Å². The quantitative estimate of drug-likeness (QED) is 0.444. The van der Waals surface area contributed by atoms with Gasteiger partial charge in [0.05, 0.1) is 6.04 Å². The first kappa shape index (κ1) is 21.3. The Morgan fingerprint density at radius 3 is 1.83 bits per heavy atom. The average molecular weight is 403 g/mol. The van der Waals surface area contributed by atoms with Crippen molar-refractivity contribution < 1.29 is 19.1 Å². The van der Waals surface area contributed by atoms with Crippen LogP contribution in [0, 0.1) is 0 Å². The van der Waals surface area contributed by atoms with Gasteiger partial charge in [0.1, 0.15) is 0 Å². The molecule has 0 heterocycles. The first-order valence-corrected chi connectivity index (χ1v) is 9.86. The second-order valence-corrected chi connectivity index (χ2v) is 6.93. The zero-order valence-corrected chi connectivity index (χ0v) is 17.1. The monoisotopic (exact) mass is 403 g/mol. The highest BCUT2D eigenvalue weighted by atomic mass is 16.6. The van der Waals surface area contributed by atoms with Gasteiger partial charge in [-0.2, -0.15) is 0 Å². The van der Waals surface area contributed by atoms with Gasteiger partial charge >= 0.3 is 11.9 Å². The summed E-state index contributed by atoms with van der Waals surface area (Å²) in [6.07, 6.45) is 0.713. The van der Waals surface area contributed by atoms with Crippen LogP contribution in [0.25, 0.3) is 0 Å². The number of benzene rings is 3. The third kappa shape index (κ3) is 6.03. The van der Waals surface area contributed by atoms with E-state index in [4.69, 9.17) is 9.47 Å². The summed E-state index contributed by atoms with van der Waals surface area (Å²) in [5.41, 5.74) is 3.35. The van der Waals surface area contributed by atoms with E-state index in [0.717, 1.165) is 5.56 Å². The summed E-state index contributed by atoms with van der Waals surface area (Å²) >= 11 is 0. The van der Waals surface area contributed by atoms with E-state index in [2.05, 4.69) is 29.6 Å². The minimum absolute atomic E-state index is 0.0701. The minimum Gasteiger partial charge on any atom is -0.423 e. The predicted octanol–water partition coefficient (Wildman–Crippen LogP) is 4.46. The van der Waals surface area contributed by atoms with Crippen LogP contribution in [0.5, 0.6) is 11.5 Å². The van der Waals surface area contributed by atoms with Crippen molar-refractivity contribution in [2.75, 3.05) is 6.54 Å². The summed E-state index contributed by atoms with van der Waals surface area (Å²) in [5, 5.41) is 3.61. The van der Waals surface area contributed by atoms with Crippen molar-refractivity contribution >= 4 is 11.9 Å². The largest absolute Gasteiger partial charge is 0.423 e. The van der Waals surface area contributed by atoms with Crippen LogP contribution in [0.1, 0.15) is 36.6 Å². The lowest BCUT2D eigenvalue weighted by atomic mass is 9.98. The highest BCUT2D eigenvalue weighted by Gasteiger charge is 2.14. The van der Waals surface area contributed by atoms with Crippen LogP contribution in [0.4, 0.5) is 0 Å². The van der Waals surface area contributed by atoms with Gasteiger partial charge in [-0.15, -0.1) is 0 Å². The fourth-order valence-electron chi connectivity index (χ4n) is 3.26. The van der Waals surface area contributed by atoms with E-state index in [9.17, 15) is 9.59 Å². The van der Waals surface area contributed by atoms with Gasteiger partial charge in [0, 0.05) is 20.4 Å². The number of ether oxygens (including phenoxy) is 2. The Labute approximate surface area is 176 Å². The SMILES string of the molecule is CC(=O)Oc1ccc(CCNC(c2ccccc2)c2ccccc2)cc1OC(C)=O. The van der Waals surface area contributed by atoms with Gasteiger partial charge in [-0.1, -0.05) is 66.7 Å². The standard InChI is InChI=1S/C25H25NO4/c1-18(27)29-23-14-13-20(17-24(23)30-19(2)28)15-16-26-25(21-9-5-3-6-10-21)22-11-7-4-8-12-22/h3-14,17,25-26H,15-16H2,1-2H3. The third-order valence-corrected chi connectivity index (χ3v) is 4.54. The molecule has 3 aromatic carbocycles. The highest BCUT2D eigenvalue weighted by Crippen LogP contribution is 2.29. The van der Waals surface area contributed by atoms with Crippen molar-refractivity contribution in [3.63, 3.8) is 0 Å². The van der Waals surface area contributed by atoms with Crippen LogP contribution in [0.2, 0.25) is 0 Å². The van der Waals surface area contributed by atoms with Gasteiger partial charge in [-0.3, -0.25) is 9.59 Å². The molecule has 0 bridgehead atoms. The molecule has 3 rings (SSSR count). The van der Waals surface area contributed by atoms with Crippen LogP contribution >= 0.6 is 0 Å². The Hall–Kier alpha value is -3.44. The molecule has 0 aliphatic heterocycles. The lowest BCUT2D eigenvalue weighted by molar-refractivity contribution is -0.134. The first-order chi connectivity index (χ1) is 14.5. The van der Waals surface area contributed by atoms with Crippen molar-refractivity contribution in [1.82, 2.24) is 5.32 Å². The molecule has 5 nitrogen and oxygen atoms in total. The minimum atomic E-state index is -0.466. The molecule has 0 spiro atoms. The van der Waals surface area contributed by atoms with Crippen molar-refractivity contribution in [2.24, 2.45) is 0 Å². The molecule has 0 saturated heterocycles. The van der Waals surface area contributed by atoms with Gasteiger partial charge in [-0.25, -0.2) is 0 Å². The highest BCUT2D eigenvalue weighted by molar-refractivity contribution is 5.73. The van der Waals surface area contributed by atoms with E-state index in [1.807, 2.05) is 42.5 Å². The fourth-order valence-corrected chi connectivity index (χ4v) is 3.26. The number of esters is 2. The number of nitrogens with one attached hydrogen (secondary N) is 1. The molecule has 0 unspecified atom stereocenters. The maximum atomic E-state index is 11.4. The summed E-state index contributed by atoms with van der Waals surface area (Å²) < 4.78 is 10.3. The third-order valence-electron chi connectivity index (χ3n) is 4.54. The number of carbonyl (C=O) groups excluding carboxylic acids is 2. The zero-order chi connectivity index (χ0) is 21.3. The van der Waals surface area contributed by atoms with E-state index in [-0.39, 0.29) is 17.5 Å². The molecule has 0 atom stereocenters. The summed E-state index contributed by atoms with van der Waals surface area (Å²) in [4.78, 5) is 22.7. The van der Waals surface area contributed by atoms with E-state index in [1.54, 1.807) is 12.1 Å². The summed E-state index contributed by atoms with van der Waals surface area (Å²) in [7, 11) is 0. The van der Waals surface area contributed by atoms with Gasteiger partial charge in [0.2, 0.25) is 0 Å². The molecule has 154 valence electrons. The summed E-state index contributed by atoms with van der Waals surface area (Å²) in [5.74, 6) is -0.447. The molecule has 0 aromatic heterocycles. The second-order valence-electron chi connectivity index (χ2n) is 6.93. The maximum Gasteiger partial charge on any atom is 0.308 e. The number of carbonyl (C=O) groups is 2. The Morgan fingerprint density at radius 1 is 0.767 bits per heavy atom. The fraction of sp³-hybridized carbons (Fsp3) is 0.200. The first-order valence-electron chi connectivity index (χ1n) is 9.86.